The number of carbonyl (C=O) groups excluding carboxylic acids is 1. The molecular weight excluding hydrogens is 437 g/mol. The minimum absolute atomic E-state index is 0.116. The first-order chi connectivity index (χ1) is 13.9. The van der Waals surface area contributed by atoms with Gasteiger partial charge in [0.15, 0.2) is 0 Å². The molecule has 29 heavy (non-hydrogen) atoms. The SMILES string of the molecule is COCc1nc(C(=O)[As][C@@H](C)C(=O)O)c(O)c2ccc(Oc3ccccc3)cc12. The molecule has 8 heteroatoms. The van der Waals surface area contributed by atoms with E-state index in [-0.39, 0.29) is 18.1 Å². The topological polar surface area (TPSA) is 106 Å². The van der Waals surface area contributed by atoms with Crippen LogP contribution in [0.1, 0.15) is 23.1 Å². The third-order valence-electron chi connectivity index (χ3n) is 4.16. The Kier molecular flexibility index (Phi) is 6.52. The number of ether oxygens (including phenoxy) is 2. The van der Waals surface area contributed by atoms with Gasteiger partial charge in [-0.15, -0.1) is 0 Å². The summed E-state index contributed by atoms with van der Waals surface area (Å²) in [5.41, 5.74) is 0.348. The standard InChI is InChI=1S/C21H19AsNO6/c1-12(21(26)27)22-20(25)18-19(24)15-9-8-14(29-13-6-4-3-5-7-13)10-16(15)17(23-18)11-28-2/h3-10,12,24H,11H2,1-2H3,(H,26,27)/t12-/m0/s1. The van der Waals surface area contributed by atoms with E-state index in [1.165, 1.54) is 14.0 Å². The number of nitrogens with zero attached hydrogens (tertiary/aromatic N) is 1. The Labute approximate surface area is 174 Å². The Hall–Kier alpha value is -2.89. The first-order valence-electron chi connectivity index (χ1n) is 8.76. The molecule has 0 fully saturated rings. The third-order valence-corrected chi connectivity index (χ3v) is 6.37. The molecule has 3 rings (SSSR count). The number of aliphatic carboxylic acids is 1. The van der Waals surface area contributed by atoms with Gasteiger partial charge in [-0.3, -0.25) is 0 Å². The number of para-hydroxylation sites is 1. The number of methoxy groups -OCH3 is 1. The maximum atomic E-state index is 12.6. The molecule has 149 valence electrons. The zero-order valence-electron chi connectivity index (χ0n) is 15.8. The van der Waals surface area contributed by atoms with E-state index in [1.807, 2.05) is 30.3 Å². The third kappa shape index (κ3) is 4.75. The number of benzene rings is 2. The average Bonchev–Trinajstić information content (AvgIpc) is 2.70. The molecule has 0 amide bonds. The van der Waals surface area contributed by atoms with Crippen LogP contribution in [0.4, 0.5) is 0 Å². The summed E-state index contributed by atoms with van der Waals surface area (Å²) in [6, 6.07) is 14.3. The maximum absolute atomic E-state index is 12.6. The number of carbonyl (C=O) groups is 2. The fourth-order valence-corrected chi connectivity index (χ4v) is 4.27. The number of hydrogen-bond donors (Lipinski definition) is 2. The molecule has 0 aliphatic carbocycles. The molecule has 0 aliphatic heterocycles. The Bertz CT molecular complexity index is 1050. The van der Waals surface area contributed by atoms with Crippen LogP contribution in [0.15, 0.2) is 48.5 Å². The van der Waals surface area contributed by atoms with Crippen molar-refractivity contribution < 1.29 is 29.3 Å². The van der Waals surface area contributed by atoms with Gasteiger partial charge in [-0.05, 0) is 0 Å². The van der Waals surface area contributed by atoms with E-state index < -0.39 is 31.0 Å². The number of hydrogen-bond acceptors (Lipinski definition) is 6. The number of fused-ring (bicyclic) bond motifs is 1. The number of pyridine rings is 1. The van der Waals surface area contributed by atoms with Gasteiger partial charge in [0, 0.05) is 0 Å². The Balaban J connectivity index is 2.03. The van der Waals surface area contributed by atoms with Gasteiger partial charge in [0.1, 0.15) is 0 Å². The van der Waals surface area contributed by atoms with Crippen LogP contribution in [0.2, 0.25) is 4.71 Å². The van der Waals surface area contributed by atoms with Crippen molar-refractivity contribution in [2.75, 3.05) is 7.11 Å². The summed E-state index contributed by atoms with van der Waals surface area (Å²) in [4.78, 5) is 28.0. The van der Waals surface area contributed by atoms with Crippen LogP contribution in [-0.4, -0.2) is 48.6 Å². The van der Waals surface area contributed by atoms with E-state index >= 15 is 0 Å². The van der Waals surface area contributed by atoms with Crippen molar-refractivity contribution in [3.63, 3.8) is 0 Å². The van der Waals surface area contributed by atoms with Gasteiger partial charge in [0.05, 0.1) is 0 Å². The number of rotatable bonds is 8. The molecule has 0 bridgehead atoms. The van der Waals surface area contributed by atoms with E-state index in [0.29, 0.717) is 28.0 Å². The van der Waals surface area contributed by atoms with Gasteiger partial charge >= 0.3 is 174 Å². The fourth-order valence-electron chi connectivity index (χ4n) is 2.72. The number of aromatic hydroxyl groups is 1. The summed E-state index contributed by atoms with van der Waals surface area (Å²) < 4.78 is 9.81. The van der Waals surface area contributed by atoms with Crippen molar-refractivity contribution in [1.29, 1.82) is 0 Å². The summed E-state index contributed by atoms with van der Waals surface area (Å²) in [6.07, 6.45) is 0. The Morgan fingerprint density at radius 1 is 1.10 bits per heavy atom. The zero-order valence-corrected chi connectivity index (χ0v) is 17.7. The van der Waals surface area contributed by atoms with Gasteiger partial charge in [0.25, 0.3) is 0 Å². The van der Waals surface area contributed by atoms with Gasteiger partial charge in [-0.25, -0.2) is 0 Å². The van der Waals surface area contributed by atoms with Crippen LogP contribution in [0.25, 0.3) is 10.8 Å². The van der Waals surface area contributed by atoms with Crippen LogP contribution >= 0.6 is 0 Å². The van der Waals surface area contributed by atoms with Gasteiger partial charge in [-0.2, -0.15) is 0 Å². The summed E-state index contributed by atoms with van der Waals surface area (Å²) in [7, 11) is 1.50. The van der Waals surface area contributed by atoms with Crippen LogP contribution in [0.5, 0.6) is 17.2 Å². The summed E-state index contributed by atoms with van der Waals surface area (Å²) >= 11 is -1.22. The second-order valence-corrected chi connectivity index (χ2v) is 9.28. The summed E-state index contributed by atoms with van der Waals surface area (Å²) in [5.74, 6) is -0.0922. The van der Waals surface area contributed by atoms with Crippen molar-refractivity contribution in [1.82, 2.24) is 4.98 Å². The molecular formula is C21H19AsNO6. The van der Waals surface area contributed by atoms with E-state index in [0.717, 1.165) is 0 Å². The number of aromatic nitrogens is 1. The molecule has 1 heterocycles. The molecule has 3 aromatic rings. The average molecular weight is 456 g/mol. The monoisotopic (exact) mass is 456 g/mol. The van der Waals surface area contributed by atoms with E-state index in [4.69, 9.17) is 14.6 Å². The molecule has 2 N–H and O–H groups in total. The Morgan fingerprint density at radius 3 is 2.48 bits per heavy atom. The molecule has 7 nitrogen and oxygen atoms in total. The van der Waals surface area contributed by atoms with Crippen molar-refractivity contribution >= 4 is 37.1 Å². The number of carboxylic acid groups (broad SMARTS) is 1. The van der Waals surface area contributed by atoms with E-state index in [9.17, 15) is 14.7 Å². The van der Waals surface area contributed by atoms with Crippen LogP contribution in [0, 0.1) is 0 Å². The predicted molar refractivity (Wildman–Crippen MR) is 108 cm³/mol. The summed E-state index contributed by atoms with van der Waals surface area (Å²) in [5, 5.41) is 20.7. The molecule has 0 unspecified atom stereocenters. The van der Waals surface area contributed by atoms with E-state index in [1.54, 1.807) is 18.2 Å². The zero-order chi connectivity index (χ0) is 21.0. The first kappa shape index (κ1) is 20.8. The molecule has 1 radical (unpaired) electrons. The van der Waals surface area contributed by atoms with Crippen LogP contribution in [0.3, 0.4) is 0 Å². The van der Waals surface area contributed by atoms with Gasteiger partial charge < -0.3 is 0 Å². The number of carboxylic acids is 1. The first-order valence-corrected chi connectivity index (χ1v) is 10.8. The summed E-state index contributed by atoms with van der Waals surface area (Å²) in [6.45, 7) is 1.60. The van der Waals surface area contributed by atoms with Crippen molar-refractivity contribution in [2.24, 2.45) is 0 Å². The van der Waals surface area contributed by atoms with Crippen LogP contribution < -0.4 is 4.74 Å². The van der Waals surface area contributed by atoms with Crippen molar-refractivity contribution in [3.8, 4) is 17.2 Å². The fraction of sp³-hybridized carbons (Fsp3) is 0.190. The second kappa shape index (κ2) is 9.07. The molecule has 0 saturated carbocycles. The molecule has 0 aliphatic rings. The molecule has 0 saturated heterocycles. The van der Waals surface area contributed by atoms with Crippen molar-refractivity contribution in [3.05, 3.63) is 59.9 Å². The van der Waals surface area contributed by atoms with E-state index in [2.05, 4.69) is 4.98 Å². The quantitative estimate of drug-likeness (QED) is 0.499. The van der Waals surface area contributed by atoms with Gasteiger partial charge in [-0.1, -0.05) is 0 Å². The predicted octanol–water partition coefficient (Wildman–Crippen LogP) is 3.62. The molecule has 0 spiro atoms. The van der Waals surface area contributed by atoms with Crippen molar-refractivity contribution in [2.45, 2.75) is 18.2 Å². The normalized spacial score (nSPS) is 12.3. The second-order valence-electron chi connectivity index (χ2n) is 6.26. The molecule has 2 aromatic carbocycles. The minimum atomic E-state index is -1.22. The molecule has 1 atom stereocenters. The molecule has 1 aromatic heterocycles. The Morgan fingerprint density at radius 2 is 1.83 bits per heavy atom. The van der Waals surface area contributed by atoms with Gasteiger partial charge in [0.2, 0.25) is 0 Å². The van der Waals surface area contributed by atoms with Crippen LogP contribution in [-0.2, 0) is 16.1 Å².